The van der Waals surface area contributed by atoms with E-state index in [1.54, 1.807) is 6.08 Å². The van der Waals surface area contributed by atoms with Crippen molar-refractivity contribution in [2.24, 2.45) is 0 Å². The molecule has 0 bridgehead atoms. The highest BCUT2D eigenvalue weighted by Gasteiger charge is 1.99. The first-order valence-corrected chi connectivity index (χ1v) is 4.77. The zero-order valence-corrected chi connectivity index (χ0v) is 8.59. The highest BCUT2D eigenvalue weighted by atomic mass is 14.9. The Labute approximate surface area is 85.1 Å². The van der Waals surface area contributed by atoms with Crippen molar-refractivity contribution in [2.75, 3.05) is 0 Å². The van der Waals surface area contributed by atoms with Crippen LogP contribution in [-0.2, 0) is 12.8 Å². The van der Waals surface area contributed by atoms with E-state index in [1.807, 2.05) is 18.3 Å². The zero-order valence-electron chi connectivity index (χ0n) is 8.59. The summed E-state index contributed by atoms with van der Waals surface area (Å²) >= 11 is 0. The number of rotatable bonds is 5. The Morgan fingerprint density at radius 2 is 2.36 bits per heavy atom. The minimum atomic E-state index is 0.836. The van der Waals surface area contributed by atoms with Crippen LogP contribution in [-0.4, -0.2) is 9.97 Å². The lowest BCUT2D eigenvalue weighted by atomic mass is 10.1. The normalized spacial score (nSPS) is 11.4. The maximum absolute atomic E-state index is 4.24. The molecule has 0 saturated heterocycles. The molecule has 1 aromatic heterocycles. The molecule has 0 aliphatic carbocycles. The summed E-state index contributed by atoms with van der Waals surface area (Å²) in [6, 6.07) is 0. The summed E-state index contributed by atoms with van der Waals surface area (Å²) in [5.74, 6) is 1.03. The summed E-state index contributed by atoms with van der Waals surface area (Å²) in [4.78, 5) is 7.49. The van der Waals surface area contributed by atoms with E-state index in [0.29, 0.717) is 0 Å². The van der Waals surface area contributed by atoms with Gasteiger partial charge in [-0.3, -0.25) is 0 Å². The number of aromatic amines is 1. The molecule has 0 aromatic carbocycles. The summed E-state index contributed by atoms with van der Waals surface area (Å²) in [6.45, 7) is 9.49. The lowest BCUT2D eigenvalue weighted by Gasteiger charge is -1.97. The Balaban J connectivity index is 2.71. The SMILES string of the molecule is C=C/C=C(\C=C)Cc1cnc(CC)[nH]1. The van der Waals surface area contributed by atoms with E-state index in [-0.39, 0.29) is 0 Å². The molecular formula is C12H16N2. The molecule has 0 fully saturated rings. The monoisotopic (exact) mass is 188 g/mol. The number of aromatic nitrogens is 2. The van der Waals surface area contributed by atoms with E-state index in [9.17, 15) is 0 Å². The van der Waals surface area contributed by atoms with Crippen LogP contribution in [0.1, 0.15) is 18.4 Å². The average molecular weight is 188 g/mol. The quantitative estimate of drug-likeness (QED) is 0.707. The van der Waals surface area contributed by atoms with E-state index >= 15 is 0 Å². The Kier molecular flexibility index (Phi) is 3.92. The molecule has 1 heterocycles. The van der Waals surface area contributed by atoms with E-state index in [0.717, 1.165) is 29.9 Å². The van der Waals surface area contributed by atoms with Crippen molar-refractivity contribution in [2.45, 2.75) is 19.8 Å². The van der Waals surface area contributed by atoms with Gasteiger partial charge in [0.25, 0.3) is 0 Å². The van der Waals surface area contributed by atoms with E-state index in [2.05, 4.69) is 30.0 Å². The lowest BCUT2D eigenvalue weighted by Crippen LogP contribution is -1.88. The second-order valence-electron chi connectivity index (χ2n) is 3.07. The molecule has 0 atom stereocenters. The number of nitrogens with one attached hydrogen (secondary N) is 1. The molecule has 1 aromatic rings. The van der Waals surface area contributed by atoms with Crippen LogP contribution < -0.4 is 0 Å². The van der Waals surface area contributed by atoms with Crippen molar-refractivity contribution in [3.8, 4) is 0 Å². The number of imidazole rings is 1. The predicted octanol–water partition coefficient (Wildman–Crippen LogP) is 2.81. The molecule has 1 N–H and O–H groups in total. The molecule has 0 saturated carbocycles. The fraction of sp³-hybridized carbons (Fsp3) is 0.250. The number of allylic oxidation sites excluding steroid dienone is 4. The van der Waals surface area contributed by atoms with Gasteiger partial charge in [-0.15, -0.1) is 0 Å². The van der Waals surface area contributed by atoms with Gasteiger partial charge in [-0.1, -0.05) is 38.3 Å². The van der Waals surface area contributed by atoms with Gasteiger partial charge in [-0.2, -0.15) is 0 Å². The summed E-state index contributed by atoms with van der Waals surface area (Å²) in [5.41, 5.74) is 2.26. The van der Waals surface area contributed by atoms with Gasteiger partial charge in [-0.25, -0.2) is 4.98 Å². The third kappa shape index (κ3) is 2.73. The molecule has 14 heavy (non-hydrogen) atoms. The molecular weight excluding hydrogens is 172 g/mol. The Morgan fingerprint density at radius 3 is 2.86 bits per heavy atom. The first kappa shape index (κ1) is 10.5. The van der Waals surface area contributed by atoms with Crippen LogP contribution in [0.5, 0.6) is 0 Å². The first-order chi connectivity index (χ1) is 6.80. The fourth-order valence-electron chi connectivity index (χ4n) is 1.25. The molecule has 0 amide bonds. The Morgan fingerprint density at radius 1 is 1.57 bits per heavy atom. The van der Waals surface area contributed by atoms with Crippen LogP contribution in [0.25, 0.3) is 0 Å². The van der Waals surface area contributed by atoms with Crippen LogP contribution in [0, 0.1) is 0 Å². The van der Waals surface area contributed by atoms with Crippen molar-refractivity contribution in [3.63, 3.8) is 0 Å². The maximum Gasteiger partial charge on any atom is 0.105 e. The van der Waals surface area contributed by atoms with Crippen molar-refractivity contribution in [3.05, 3.63) is 54.7 Å². The number of hydrogen-bond donors (Lipinski definition) is 1. The second-order valence-corrected chi connectivity index (χ2v) is 3.07. The minimum Gasteiger partial charge on any atom is -0.346 e. The molecule has 2 nitrogen and oxygen atoms in total. The average Bonchev–Trinajstić information content (AvgIpc) is 2.65. The van der Waals surface area contributed by atoms with Crippen LogP contribution in [0.2, 0.25) is 0 Å². The molecule has 0 unspecified atom stereocenters. The molecule has 74 valence electrons. The Hall–Kier alpha value is -1.57. The smallest absolute Gasteiger partial charge is 0.105 e. The van der Waals surface area contributed by atoms with Crippen LogP contribution in [0.4, 0.5) is 0 Å². The molecule has 0 aliphatic rings. The van der Waals surface area contributed by atoms with Gasteiger partial charge in [0.15, 0.2) is 0 Å². The third-order valence-corrected chi connectivity index (χ3v) is 2.00. The number of H-pyrrole nitrogens is 1. The van der Waals surface area contributed by atoms with Crippen molar-refractivity contribution in [1.82, 2.24) is 9.97 Å². The summed E-state index contributed by atoms with van der Waals surface area (Å²) in [6.07, 6.45) is 9.22. The molecule has 0 aliphatic heterocycles. The van der Waals surface area contributed by atoms with Gasteiger partial charge in [0, 0.05) is 24.7 Å². The number of nitrogens with zero attached hydrogens (tertiary/aromatic N) is 1. The van der Waals surface area contributed by atoms with Gasteiger partial charge < -0.3 is 4.98 Å². The molecule has 0 radical (unpaired) electrons. The predicted molar refractivity (Wildman–Crippen MR) is 60.1 cm³/mol. The van der Waals surface area contributed by atoms with Gasteiger partial charge in [-0.05, 0) is 5.57 Å². The van der Waals surface area contributed by atoms with Crippen LogP contribution in [0.15, 0.2) is 43.2 Å². The third-order valence-electron chi connectivity index (χ3n) is 2.00. The molecule has 2 heteroatoms. The molecule has 0 spiro atoms. The van der Waals surface area contributed by atoms with E-state index in [1.165, 1.54) is 0 Å². The van der Waals surface area contributed by atoms with Gasteiger partial charge in [0.1, 0.15) is 5.82 Å². The fourth-order valence-corrected chi connectivity index (χ4v) is 1.25. The van der Waals surface area contributed by atoms with Crippen LogP contribution in [0.3, 0.4) is 0 Å². The first-order valence-electron chi connectivity index (χ1n) is 4.77. The number of aryl methyl sites for hydroxylation is 1. The zero-order chi connectivity index (χ0) is 10.4. The van der Waals surface area contributed by atoms with Crippen LogP contribution >= 0.6 is 0 Å². The Bertz CT molecular complexity index is 345. The largest absolute Gasteiger partial charge is 0.346 e. The standard InChI is InChI=1S/C12H16N2/c1-4-7-10(5-2)8-11-9-13-12(6-3)14-11/h4-5,7,9H,1-2,6,8H2,3H3,(H,13,14)/b10-7+. The highest BCUT2D eigenvalue weighted by molar-refractivity contribution is 5.26. The second kappa shape index (κ2) is 5.22. The van der Waals surface area contributed by atoms with Gasteiger partial charge in [0.05, 0.1) is 0 Å². The van der Waals surface area contributed by atoms with Crippen molar-refractivity contribution >= 4 is 0 Å². The summed E-state index contributed by atoms with van der Waals surface area (Å²) in [5, 5.41) is 0. The van der Waals surface area contributed by atoms with Gasteiger partial charge >= 0.3 is 0 Å². The summed E-state index contributed by atoms with van der Waals surface area (Å²) < 4.78 is 0. The minimum absolute atomic E-state index is 0.836. The highest BCUT2D eigenvalue weighted by Crippen LogP contribution is 2.07. The van der Waals surface area contributed by atoms with E-state index in [4.69, 9.17) is 0 Å². The van der Waals surface area contributed by atoms with Gasteiger partial charge in [0.2, 0.25) is 0 Å². The topological polar surface area (TPSA) is 28.7 Å². The lowest BCUT2D eigenvalue weighted by molar-refractivity contribution is 0.970. The maximum atomic E-state index is 4.24. The molecule has 1 rings (SSSR count). The number of hydrogen-bond acceptors (Lipinski definition) is 1. The van der Waals surface area contributed by atoms with Crippen molar-refractivity contribution < 1.29 is 0 Å². The van der Waals surface area contributed by atoms with E-state index < -0.39 is 0 Å². The summed E-state index contributed by atoms with van der Waals surface area (Å²) in [7, 11) is 0. The van der Waals surface area contributed by atoms with Crippen molar-refractivity contribution in [1.29, 1.82) is 0 Å².